The molecule has 0 bridgehead atoms. The van der Waals surface area contributed by atoms with Crippen molar-refractivity contribution in [1.29, 1.82) is 0 Å². The molecule has 1 aliphatic rings. The van der Waals surface area contributed by atoms with Gasteiger partial charge in [0.2, 0.25) is 10.0 Å². The normalized spacial score (nSPS) is 19.2. The molecule has 1 fully saturated rings. The molecule has 130 valence electrons. The Hall–Kier alpha value is -0.950. The van der Waals surface area contributed by atoms with Crippen LogP contribution in [0.25, 0.3) is 0 Å². The van der Waals surface area contributed by atoms with Crippen molar-refractivity contribution in [3.05, 3.63) is 29.8 Å². The second kappa shape index (κ2) is 7.75. The standard InChI is InChI=1S/C17H29N3O2S/c1-14(2)17(20-11-9-19(4)10-12-20)13-18-23(21,22)16-7-5-15(3)6-8-16/h5-8,14,17-18H,9-13H2,1-4H3/t17-/m0/s1. The first-order valence-electron chi connectivity index (χ1n) is 8.28. The fourth-order valence-electron chi connectivity index (χ4n) is 2.94. The van der Waals surface area contributed by atoms with Gasteiger partial charge in [0.15, 0.2) is 0 Å². The van der Waals surface area contributed by atoms with Gasteiger partial charge >= 0.3 is 0 Å². The Morgan fingerprint density at radius 2 is 1.65 bits per heavy atom. The second-order valence-corrected chi connectivity index (χ2v) is 8.58. The number of hydrogen-bond donors (Lipinski definition) is 1. The molecule has 23 heavy (non-hydrogen) atoms. The molecule has 1 heterocycles. The molecule has 1 aromatic carbocycles. The molecule has 0 aromatic heterocycles. The second-order valence-electron chi connectivity index (χ2n) is 6.82. The lowest BCUT2D eigenvalue weighted by atomic mass is 10.0. The maximum atomic E-state index is 12.5. The van der Waals surface area contributed by atoms with Gasteiger partial charge in [-0.2, -0.15) is 0 Å². The lowest BCUT2D eigenvalue weighted by Gasteiger charge is -2.39. The summed E-state index contributed by atoms with van der Waals surface area (Å²) in [5.41, 5.74) is 1.06. The van der Waals surface area contributed by atoms with Crippen LogP contribution in [0, 0.1) is 12.8 Å². The zero-order valence-electron chi connectivity index (χ0n) is 14.6. The van der Waals surface area contributed by atoms with E-state index in [9.17, 15) is 8.42 Å². The van der Waals surface area contributed by atoms with Gasteiger partial charge in [0.05, 0.1) is 4.90 Å². The van der Waals surface area contributed by atoms with E-state index in [2.05, 4.69) is 35.4 Å². The van der Waals surface area contributed by atoms with E-state index in [1.165, 1.54) is 0 Å². The van der Waals surface area contributed by atoms with Crippen LogP contribution >= 0.6 is 0 Å². The van der Waals surface area contributed by atoms with Crippen LogP contribution in [0.3, 0.4) is 0 Å². The first-order valence-corrected chi connectivity index (χ1v) is 9.77. The summed E-state index contributed by atoms with van der Waals surface area (Å²) in [5.74, 6) is 0.402. The smallest absolute Gasteiger partial charge is 0.240 e. The van der Waals surface area contributed by atoms with E-state index in [0.717, 1.165) is 31.7 Å². The molecule has 0 aliphatic carbocycles. The van der Waals surface area contributed by atoms with Crippen LogP contribution in [0.4, 0.5) is 0 Å². The number of aryl methyl sites for hydroxylation is 1. The number of nitrogens with zero attached hydrogens (tertiary/aromatic N) is 2. The van der Waals surface area contributed by atoms with E-state index in [1.54, 1.807) is 12.1 Å². The molecule has 0 amide bonds. The predicted molar refractivity (Wildman–Crippen MR) is 94.1 cm³/mol. The number of sulfonamides is 1. The van der Waals surface area contributed by atoms with E-state index >= 15 is 0 Å². The van der Waals surface area contributed by atoms with Gasteiger partial charge in [0.1, 0.15) is 0 Å². The summed E-state index contributed by atoms with van der Waals surface area (Å²) in [5, 5.41) is 0. The fourth-order valence-corrected chi connectivity index (χ4v) is 3.99. The number of likely N-dealkylation sites (N-methyl/N-ethyl adjacent to an activating group) is 1. The first kappa shape index (κ1) is 18.4. The zero-order chi connectivity index (χ0) is 17.0. The van der Waals surface area contributed by atoms with E-state index in [1.807, 2.05) is 19.1 Å². The van der Waals surface area contributed by atoms with Crippen LogP contribution in [-0.2, 0) is 10.0 Å². The number of nitrogens with one attached hydrogen (secondary N) is 1. The molecule has 1 aromatic rings. The summed E-state index contributed by atoms with van der Waals surface area (Å²) in [4.78, 5) is 5.05. The molecule has 1 N–H and O–H groups in total. The summed E-state index contributed by atoms with van der Waals surface area (Å²) in [7, 11) is -1.32. The van der Waals surface area contributed by atoms with Crippen LogP contribution in [0.2, 0.25) is 0 Å². The van der Waals surface area contributed by atoms with Crippen molar-refractivity contribution >= 4 is 10.0 Å². The molecule has 2 rings (SSSR count). The number of rotatable bonds is 6. The molecular weight excluding hydrogens is 310 g/mol. The Labute approximate surface area is 140 Å². The Morgan fingerprint density at radius 3 is 2.17 bits per heavy atom. The summed E-state index contributed by atoms with van der Waals surface area (Å²) >= 11 is 0. The number of hydrogen-bond acceptors (Lipinski definition) is 4. The van der Waals surface area contributed by atoms with Gasteiger partial charge in [-0.25, -0.2) is 13.1 Å². The quantitative estimate of drug-likeness (QED) is 0.854. The average Bonchev–Trinajstić information content (AvgIpc) is 2.49. The Morgan fingerprint density at radius 1 is 1.09 bits per heavy atom. The molecule has 6 heteroatoms. The maximum Gasteiger partial charge on any atom is 0.240 e. The molecule has 0 saturated carbocycles. The van der Waals surface area contributed by atoms with Crippen molar-refractivity contribution in [2.45, 2.75) is 31.7 Å². The number of benzene rings is 1. The van der Waals surface area contributed by atoms with E-state index in [0.29, 0.717) is 17.4 Å². The largest absolute Gasteiger partial charge is 0.304 e. The predicted octanol–water partition coefficient (Wildman–Crippen LogP) is 1.55. The van der Waals surface area contributed by atoms with Crippen molar-refractivity contribution in [3.8, 4) is 0 Å². The van der Waals surface area contributed by atoms with Crippen LogP contribution in [0.5, 0.6) is 0 Å². The highest BCUT2D eigenvalue weighted by Gasteiger charge is 2.26. The van der Waals surface area contributed by atoms with Crippen LogP contribution in [-0.4, -0.2) is 64.0 Å². The third kappa shape index (κ3) is 5.01. The highest BCUT2D eigenvalue weighted by molar-refractivity contribution is 7.89. The minimum absolute atomic E-state index is 0.226. The highest BCUT2D eigenvalue weighted by atomic mass is 32.2. The molecule has 0 unspecified atom stereocenters. The third-order valence-electron chi connectivity index (χ3n) is 4.59. The molecule has 1 atom stereocenters. The van der Waals surface area contributed by atoms with Gasteiger partial charge in [0.25, 0.3) is 0 Å². The summed E-state index contributed by atoms with van der Waals surface area (Å²) < 4.78 is 27.7. The van der Waals surface area contributed by atoms with Gasteiger partial charge in [-0.1, -0.05) is 31.5 Å². The monoisotopic (exact) mass is 339 g/mol. The Balaban J connectivity index is 2.02. The van der Waals surface area contributed by atoms with Crippen LogP contribution < -0.4 is 4.72 Å². The summed E-state index contributed by atoms with van der Waals surface area (Å²) in [6.45, 7) is 10.8. The van der Waals surface area contributed by atoms with Crippen molar-refractivity contribution < 1.29 is 8.42 Å². The number of piperazine rings is 1. The van der Waals surface area contributed by atoms with Gasteiger partial charge in [-0.3, -0.25) is 4.90 Å². The molecule has 0 spiro atoms. The van der Waals surface area contributed by atoms with E-state index in [-0.39, 0.29) is 6.04 Å². The minimum Gasteiger partial charge on any atom is -0.304 e. The van der Waals surface area contributed by atoms with Crippen molar-refractivity contribution in [1.82, 2.24) is 14.5 Å². The Bertz CT molecular complexity index is 591. The summed E-state index contributed by atoms with van der Waals surface area (Å²) in [6.07, 6.45) is 0. The molecular formula is C17H29N3O2S. The summed E-state index contributed by atoms with van der Waals surface area (Å²) in [6, 6.07) is 7.21. The molecule has 1 aliphatic heterocycles. The fraction of sp³-hybridized carbons (Fsp3) is 0.647. The van der Waals surface area contributed by atoms with Gasteiger partial charge in [-0.05, 0) is 32.0 Å². The lowest BCUT2D eigenvalue weighted by molar-refractivity contribution is 0.0905. The molecule has 5 nitrogen and oxygen atoms in total. The van der Waals surface area contributed by atoms with Gasteiger partial charge in [-0.15, -0.1) is 0 Å². The van der Waals surface area contributed by atoms with Gasteiger partial charge in [0, 0.05) is 38.8 Å². The first-order chi connectivity index (χ1) is 10.8. The van der Waals surface area contributed by atoms with E-state index < -0.39 is 10.0 Å². The van der Waals surface area contributed by atoms with Crippen molar-refractivity contribution in [3.63, 3.8) is 0 Å². The maximum absolute atomic E-state index is 12.5. The lowest BCUT2D eigenvalue weighted by Crippen LogP contribution is -2.54. The topological polar surface area (TPSA) is 52.7 Å². The zero-order valence-corrected chi connectivity index (χ0v) is 15.4. The minimum atomic E-state index is -3.44. The Kier molecular flexibility index (Phi) is 6.19. The SMILES string of the molecule is Cc1ccc(S(=O)(=O)NC[C@@H](C(C)C)N2CCN(C)CC2)cc1. The third-order valence-corrected chi connectivity index (χ3v) is 6.03. The van der Waals surface area contributed by atoms with E-state index in [4.69, 9.17) is 0 Å². The van der Waals surface area contributed by atoms with Crippen LogP contribution in [0.1, 0.15) is 19.4 Å². The van der Waals surface area contributed by atoms with Crippen LogP contribution in [0.15, 0.2) is 29.2 Å². The van der Waals surface area contributed by atoms with Gasteiger partial charge < -0.3 is 4.90 Å². The average molecular weight is 340 g/mol. The van der Waals surface area contributed by atoms with Crippen molar-refractivity contribution in [2.24, 2.45) is 5.92 Å². The molecule has 1 saturated heterocycles. The van der Waals surface area contributed by atoms with Crippen molar-refractivity contribution in [2.75, 3.05) is 39.8 Å². The molecule has 0 radical (unpaired) electrons. The highest BCUT2D eigenvalue weighted by Crippen LogP contribution is 2.15.